The second-order valence-corrected chi connectivity index (χ2v) is 5.02. The number of hydrogen-bond acceptors (Lipinski definition) is 2. The number of benzene rings is 1. The van der Waals surface area contributed by atoms with E-state index in [1.807, 2.05) is 10.8 Å². The Hall–Kier alpha value is -1.90. The van der Waals surface area contributed by atoms with E-state index in [2.05, 4.69) is 44.0 Å². The van der Waals surface area contributed by atoms with E-state index >= 15 is 0 Å². The zero-order valence-corrected chi connectivity index (χ0v) is 11.8. The normalized spacial score (nSPS) is 10.7. The van der Waals surface area contributed by atoms with Gasteiger partial charge in [0.1, 0.15) is 11.6 Å². The molecule has 0 radical (unpaired) electrons. The molecule has 19 heavy (non-hydrogen) atoms. The van der Waals surface area contributed by atoms with Crippen LogP contribution in [0.2, 0.25) is 0 Å². The van der Waals surface area contributed by atoms with Crippen molar-refractivity contribution in [1.82, 2.24) is 9.55 Å². The predicted molar refractivity (Wildman–Crippen MR) is 76.2 cm³/mol. The molecule has 3 heteroatoms. The number of carbonyl (C=O) groups excluding carboxylic acids is 1. The lowest BCUT2D eigenvalue weighted by Crippen LogP contribution is -2.11. The molecule has 0 amide bonds. The molecule has 0 saturated carbocycles. The van der Waals surface area contributed by atoms with Crippen LogP contribution < -0.4 is 0 Å². The van der Waals surface area contributed by atoms with Crippen LogP contribution in [0.1, 0.15) is 29.4 Å². The van der Waals surface area contributed by atoms with Crippen LogP contribution in [-0.4, -0.2) is 15.3 Å². The van der Waals surface area contributed by atoms with Gasteiger partial charge < -0.3 is 4.57 Å². The van der Waals surface area contributed by atoms with E-state index < -0.39 is 0 Å². The van der Waals surface area contributed by atoms with Crippen LogP contribution in [0.5, 0.6) is 0 Å². The molecule has 0 atom stereocenters. The molecule has 0 aliphatic rings. The maximum Gasteiger partial charge on any atom is 0.144 e. The smallest absolute Gasteiger partial charge is 0.144 e. The Bertz CT molecular complexity index is 564. The number of aryl methyl sites for hydroxylation is 3. The van der Waals surface area contributed by atoms with E-state index in [-0.39, 0.29) is 5.78 Å². The highest BCUT2D eigenvalue weighted by Gasteiger charge is 2.09. The van der Waals surface area contributed by atoms with Crippen LogP contribution >= 0.6 is 0 Å². The lowest BCUT2D eigenvalue weighted by Gasteiger charge is -2.06. The third kappa shape index (κ3) is 3.53. The molecular formula is C16H20N2O. The van der Waals surface area contributed by atoms with Crippen molar-refractivity contribution in [2.75, 3.05) is 0 Å². The average molecular weight is 256 g/mol. The number of aromatic nitrogens is 2. The lowest BCUT2D eigenvalue weighted by atomic mass is 10.0. The molecule has 1 aromatic heterocycles. The van der Waals surface area contributed by atoms with Crippen molar-refractivity contribution in [1.29, 1.82) is 0 Å². The standard InChI is InChI=1S/C16H20N2O/c1-4-18-6-5-17-16(18)11-15(19)10-14-8-12(2)7-13(3)9-14/h5-9H,4,10-11H2,1-3H3. The first-order valence-electron chi connectivity index (χ1n) is 6.67. The van der Waals surface area contributed by atoms with Gasteiger partial charge in [-0.05, 0) is 26.3 Å². The van der Waals surface area contributed by atoms with Crippen molar-refractivity contribution in [2.24, 2.45) is 0 Å². The minimum Gasteiger partial charge on any atom is -0.335 e. The summed E-state index contributed by atoms with van der Waals surface area (Å²) in [7, 11) is 0. The van der Waals surface area contributed by atoms with Gasteiger partial charge in [0.05, 0.1) is 6.42 Å². The predicted octanol–water partition coefficient (Wildman–Crippen LogP) is 2.87. The maximum atomic E-state index is 12.1. The zero-order chi connectivity index (χ0) is 13.8. The Balaban J connectivity index is 2.05. The molecule has 0 aliphatic heterocycles. The molecular weight excluding hydrogens is 236 g/mol. The summed E-state index contributed by atoms with van der Waals surface area (Å²) >= 11 is 0. The molecule has 1 aromatic carbocycles. The van der Waals surface area contributed by atoms with Gasteiger partial charge in [-0.3, -0.25) is 4.79 Å². The van der Waals surface area contributed by atoms with Crippen molar-refractivity contribution in [2.45, 2.75) is 40.2 Å². The van der Waals surface area contributed by atoms with Gasteiger partial charge in [-0.2, -0.15) is 0 Å². The van der Waals surface area contributed by atoms with Gasteiger partial charge in [0.25, 0.3) is 0 Å². The van der Waals surface area contributed by atoms with Gasteiger partial charge >= 0.3 is 0 Å². The number of imidazole rings is 1. The van der Waals surface area contributed by atoms with Crippen molar-refractivity contribution in [3.05, 3.63) is 53.1 Å². The van der Waals surface area contributed by atoms with Crippen molar-refractivity contribution in [3.63, 3.8) is 0 Å². The minimum absolute atomic E-state index is 0.214. The molecule has 0 N–H and O–H groups in total. The molecule has 0 aliphatic carbocycles. The fourth-order valence-electron chi connectivity index (χ4n) is 2.43. The number of nitrogens with zero attached hydrogens (tertiary/aromatic N) is 2. The lowest BCUT2D eigenvalue weighted by molar-refractivity contribution is -0.117. The molecule has 0 spiro atoms. The highest BCUT2D eigenvalue weighted by Crippen LogP contribution is 2.11. The summed E-state index contributed by atoms with van der Waals surface area (Å²) in [6.45, 7) is 7.03. The molecule has 0 bridgehead atoms. The van der Waals surface area contributed by atoms with Crippen LogP contribution in [0.4, 0.5) is 0 Å². The quantitative estimate of drug-likeness (QED) is 0.824. The van der Waals surface area contributed by atoms with E-state index in [1.165, 1.54) is 11.1 Å². The number of ketones is 1. The summed E-state index contributed by atoms with van der Waals surface area (Å²) in [5.74, 6) is 1.07. The first-order chi connectivity index (χ1) is 9.08. The molecule has 0 unspecified atom stereocenters. The summed E-state index contributed by atoms with van der Waals surface area (Å²) in [6.07, 6.45) is 4.56. The monoisotopic (exact) mass is 256 g/mol. The average Bonchev–Trinajstić information content (AvgIpc) is 2.74. The number of rotatable bonds is 5. The van der Waals surface area contributed by atoms with E-state index in [1.54, 1.807) is 6.20 Å². The fourth-order valence-corrected chi connectivity index (χ4v) is 2.43. The van der Waals surface area contributed by atoms with Crippen LogP contribution in [0.25, 0.3) is 0 Å². The Morgan fingerprint density at radius 2 is 1.84 bits per heavy atom. The van der Waals surface area contributed by atoms with Gasteiger partial charge in [0.2, 0.25) is 0 Å². The Morgan fingerprint density at radius 1 is 1.16 bits per heavy atom. The van der Waals surface area contributed by atoms with Gasteiger partial charge in [-0.15, -0.1) is 0 Å². The van der Waals surface area contributed by atoms with Crippen LogP contribution in [0, 0.1) is 13.8 Å². The van der Waals surface area contributed by atoms with E-state index in [0.717, 1.165) is 17.9 Å². The largest absolute Gasteiger partial charge is 0.335 e. The summed E-state index contributed by atoms with van der Waals surface area (Å²) in [6, 6.07) is 6.28. The molecule has 0 saturated heterocycles. The number of hydrogen-bond donors (Lipinski definition) is 0. The van der Waals surface area contributed by atoms with Gasteiger partial charge in [0.15, 0.2) is 0 Å². The third-order valence-electron chi connectivity index (χ3n) is 3.18. The molecule has 0 fully saturated rings. The van der Waals surface area contributed by atoms with Crippen LogP contribution in [0.3, 0.4) is 0 Å². The van der Waals surface area contributed by atoms with E-state index in [0.29, 0.717) is 12.8 Å². The van der Waals surface area contributed by atoms with E-state index in [9.17, 15) is 4.79 Å². The van der Waals surface area contributed by atoms with E-state index in [4.69, 9.17) is 0 Å². The Morgan fingerprint density at radius 3 is 2.47 bits per heavy atom. The zero-order valence-electron chi connectivity index (χ0n) is 11.8. The van der Waals surface area contributed by atoms with Crippen molar-refractivity contribution in [3.8, 4) is 0 Å². The van der Waals surface area contributed by atoms with Crippen LogP contribution in [-0.2, 0) is 24.2 Å². The van der Waals surface area contributed by atoms with Crippen molar-refractivity contribution < 1.29 is 4.79 Å². The van der Waals surface area contributed by atoms with Gasteiger partial charge in [-0.1, -0.05) is 29.3 Å². The molecule has 2 rings (SSSR count). The fraction of sp³-hybridized carbons (Fsp3) is 0.375. The molecule has 1 heterocycles. The number of carbonyl (C=O) groups is 1. The van der Waals surface area contributed by atoms with Crippen molar-refractivity contribution >= 4 is 5.78 Å². The summed E-state index contributed by atoms with van der Waals surface area (Å²) < 4.78 is 2.01. The van der Waals surface area contributed by atoms with Gasteiger partial charge in [-0.25, -0.2) is 4.98 Å². The first-order valence-corrected chi connectivity index (χ1v) is 6.67. The topological polar surface area (TPSA) is 34.9 Å². The highest BCUT2D eigenvalue weighted by atomic mass is 16.1. The molecule has 3 nitrogen and oxygen atoms in total. The number of Topliss-reactive ketones (excluding diaryl/α,β-unsaturated/α-hetero) is 1. The minimum atomic E-state index is 0.214. The maximum absolute atomic E-state index is 12.1. The second kappa shape index (κ2) is 5.83. The second-order valence-electron chi connectivity index (χ2n) is 5.02. The third-order valence-corrected chi connectivity index (χ3v) is 3.18. The Labute approximate surface area is 114 Å². The van der Waals surface area contributed by atoms with Gasteiger partial charge in [0, 0.05) is 25.4 Å². The SMILES string of the molecule is CCn1ccnc1CC(=O)Cc1cc(C)cc(C)c1. The summed E-state index contributed by atoms with van der Waals surface area (Å²) in [5.41, 5.74) is 3.51. The summed E-state index contributed by atoms with van der Waals surface area (Å²) in [5, 5.41) is 0. The highest BCUT2D eigenvalue weighted by molar-refractivity contribution is 5.82. The molecule has 2 aromatic rings. The first kappa shape index (κ1) is 13.5. The van der Waals surface area contributed by atoms with Crippen LogP contribution in [0.15, 0.2) is 30.6 Å². The Kier molecular flexibility index (Phi) is 4.15. The molecule has 100 valence electrons. The summed E-state index contributed by atoms with van der Waals surface area (Å²) in [4.78, 5) is 16.4.